The van der Waals surface area contributed by atoms with Crippen LogP contribution in [0, 0.1) is 11.6 Å². The molecule has 146 valence electrons. The Bertz CT molecular complexity index is 972. The van der Waals surface area contributed by atoms with Crippen LogP contribution in [-0.2, 0) is 17.1 Å². The first-order valence-corrected chi connectivity index (χ1v) is 10.3. The molecule has 0 atom stereocenters. The number of anilines is 1. The molecule has 0 saturated heterocycles. The van der Waals surface area contributed by atoms with E-state index in [1.807, 2.05) is 0 Å². The van der Waals surface area contributed by atoms with Crippen molar-refractivity contribution in [3.8, 4) is 0 Å². The first-order chi connectivity index (χ1) is 12.7. The van der Waals surface area contributed by atoms with Gasteiger partial charge in [-0.25, -0.2) is 17.2 Å². The molecule has 2 aromatic rings. The lowest BCUT2D eigenvalue weighted by Crippen LogP contribution is -2.33. The zero-order chi connectivity index (χ0) is 19.8. The summed E-state index contributed by atoms with van der Waals surface area (Å²) in [5.74, 6) is -2.81. The molecule has 3 rings (SSSR count). The molecule has 0 radical (unpaired) electrons. The second-order valence-electron chi connectivity index (χ2n) is 6.21. The van der Waals surface area contributed by atoms with Gasteiger partial charge in [0.1, 0.15) is 10.6 Å². The van der Waals surface area contributed by atoms with Crippen LogP contribution in [0.5, 0.6) is 0 Å². The number of carbonyl (C=O) groups is 1. The zero-order valence-electron chi connectivity index (χ0n) is 14.1. The minimum absolute atomic E-state index is 0.00892. The van der Waals surface area contributed by atoms with Gasteiger partial charge in [0.05, 0.1) is 6.10 Å². The Morgan fingerprint density at radius 1 is 1.26 bits per heavy atom. The zero-order valence-corrected chi connectivity index (χ0v) is 15.8. The quantitative estimate of drug-likeness (QED) is 0.625. The Labute approximate surface area is 158 Å². The molecule has 3 N–H and O–H groups in total. The molecule has 7 nitrogen and oxygen atoms in total. The maximum atomic E-state index is 13.2. The Kier molecular flexibility index (Phi) is 5.56. The van der Waals surface area contributed by atoms with Crippen molar-refractivity contribution in [1.29, 1.82) is 0 Å². The summed E-state index contributed by atoms with van der Waals surface area (Å²) in [6.45, 7) is 0. The van der Waals surface area contributed by atoms with Gasteiger partial charge in [-0.15, -0.1) is 0 Å². The second-order valence-corrected chi connectivity index (χ2v) is 9.25. The number of benzene rings is 1. The van der Waals surface area contributed by atoms with E-state index in [1.165, 1.54) is 29.9 Å². The van der Waals surface area contributed by atoms with Crippen LogP contribution in [0.3, 0.4) is 0 Å². The lowest BCUT2D eigenvalue weighted by molar-refractivity contribution is 0.100. The van der Waals surface area contributed by atoms with Crippen molar-refractivity contribution < 1.29 is 27.1 Å². The number of hydrogen-bond donors (Lipinski definition) is 3. The van der Waals surface area contributed by atoms with Gasteiger partial charge in [0.25, 0.3) is 15.9 Å². The summed E-state index contributed by atoms with van der Waals surface area (Å²) in [5, 5.41) is 11.6. The topological polar surface area (TPSA) is 100 Å². The maximum Gasteiger partial charge on any atom is 0.272 e. The predicted molar refractivity (Wildman–Crippen MR) is 96.7 cm³/mol. The van der Waals surface area contributed by atoms with Gasteiger partial charge >= 0.3 is 0 Å². The van der Waals surface area contributed by atoms with Gasteiger partial charge in [0, 0.05) is 30.2 Å². The second kappa shape index (κ2) is 7.58. The van der Waals surface area contributed by atoms with Gasteiger partial charge in [-0.3, -0.25) is 4.79 Å². The lowest BCUT2D eigenvalue weighted by atomic mass is 9.96. The molecule has 1 aromatic heterocycles. The summed E-state index contributed by atoms with van der Waals surface area (Å²) < 4.78 is 54.6. The lowest BCUT2D eigenvalue weighted by Gasteiger charge is -2.30. The van der Waals surface area contributed by atoms with Gasteiger partial charge in [-0.2, -0.15) is 4.13 Å². The number of halogens is 2. The molecule has 0 aliphatic heterocycles. The Balaban J connectivity index is 1.70. The van der Waals surface area contributed by atoms with Crippen LogP contribution in [0.1, 0.15) is 23.3 Å². The molecule has 1 fully saturated rings. The third kappa shape index (κ3) is 4.49. The number of carbonyl (C=O) groups excluding carboxylic acids is 1. The van der Waals surface area contributed by atoms with Crippen molar-refractivity contribution in [2.45, 2.75) is 29.1 Å². The molecule has 11 heteroatoms. The summed E-state index contributed by atoms with van der Waals surface area (Å²) in [6.07, 6.45) is 1.92. The first kappa shape index (κ1) is 19.8. The molecule has 1 aromatic carbocycles. The standard InChI is InChI=1S/C16H17F2N3O4S2/c1-21-8-12(27(24,25)20-26-11-5-10(22)6-11)7-15(21)16(23)19-9-2-3-13(17)14(18)4-9/h2-4,7-8,10-11,20,22H,5-6H2,1H3,(H,19,23)/t10-,11-. The van der Waals surface area contributed by atoms with E-state index in [-0.39, 0.29) is 21.5 Å². The van der Waals surface area contributed by atoms with E-state index in [1.54, 1.807) is 0 Å². The number of nitrogens with zero attached hydrogens (tertiary/aromatic N) is 1. The van der Waals surface area contributed by atoms with Crippen molar-refractivity contribution in [2.24, 2.45) is 7.05 Å². The summed E-state index contributed by atoms with van der Waals surface area (Å²) >= 11 is 1.01. The number of aliphatic hydroxyl groups is 1. The monoisotopic (exact) mass is 417 g/mol. The highest BCUT2D eigenvalue weighted by Crippen LogP contribution is 2.31. The Morgan fingerprint density at radius 2 is 1.96 bits per heavy atom. The molecular formula is C16H17F2N3O4S2. The molecule has 0 unspecified atom stereocenters. The molecule has 1 aliphatic carbocycles. The Hall–Kier alpha value is -1.95. The molecular weight excluding hydrogens is 400 g/mol. The molecule has 27 heavy (non-hydrogen) atoms. The van der Waals surface area contributed by atoms with Crippen LogP contribution >= 0.6 is 11.9 Å². The predicted octanol–water partition coefficient (Wildman–Crippen LogP) is 2.01. The van der Waals surface area contributed by atoms with E-state index in [2.05, 4.69) is 9.44 Å². The molecule has 0 bridgehead atoms. The maximum absolute atomic E-state index is 13.2. The van der Waals surface area contributed by atoms with E-state index >= 15 is 0 Å². The van der Waals surface area contributed by atoms with Crippen LogP contribution in [0.25, 0.3) is 0 Å². The molecule has 1 heterocycles. The highest BCUT2D eigenvalue weighted by Gasteiger charge is 2.30. The third-order valence-corrected chi connectivity index (χ3v) is 6.92. The molecule has 1 amide bonds. The number of amides is 1. The van der Waals surface area contributed by atoms with Gasteiger partial charge < -0.3 is 15.0 Å². The van der Waals surface area contributed by atoms with Crippen LogP contribution in [-0.4, -0.2) is 35.4 Å². The van der Waals surface area contributed by atoms with E-state index in [9.17, 15) is 27.1 Å². The van der Waals surface area contributed by atoms with Crippen molar-refractivity contribution in [2.75, 3.05) is 5.32 Å². The van der Waals surface area contributed by atoms with Gasteiger partial charge in [0.15, 0.2) is 11.6 Å². The number of sulfonamides is 1. The van der Waals surface area contributed by atoms with Crippen molar-refractivity contribution in [1.82, 2.24) is 8.69 Å². The van der Waals surface area contributed by atoms with Crippen LogP contribution in [0.15, 0.2) is 35.4 Å². The van der Waals surface area contributed by atoms with Gasteiger partial charge in [-0.1, -0.05) is 11.9 Å². The summed E-state index contributed by atoms with van der Waals surface area (Å²) in [5.41, 5.74) is 0.0749. The summed E-state index contributed by atoms with van der Waals surface area (Å²) in [4.78, 5) is 12.2. The number of rotatable bonds is 6. The fraction of sp³-hybridized carbons (Fsp3) is 0.312. The van der Waals surface area contributed by atoms with E-state index < -0.39 is 33.7 Å². The van der Waals surface area contributed by atoms with Gasteiger partial charge in [-0.05, 0) is 31.0 Å². The van der Waals surface area contributed by atoms with Crippen molar-refractivity contribution in [3.05, 3.63) is 47.8 Å². The average molecular weight is 417 g/mol. The molecule has 1 saturated carbocycles. The van der Waals surface area contributed by atoms with E-state index in [4.69, 9.17) is 0 Å². The Morgan fingerprint density at radius 3 is 2.59 bits per heavy atom. The highest BCUT2D eigenvalue weighted by molar-refractivity contribution is 8.09. The summed E-state index contributed by atoms with van der Waals surface area (Å²) in [6, 6.07) is 4.10. The minimum Gasteiger partial charge on any atom is -0.393 e. The number of aromatic nitrogens is 1. The van der Waals surface area contributed by atoms with E-state index in [0.29, 0.717) is 12.8 Å². The fourth-order valence-corrected chi connectivity index (χ4v) is 5.13. The number of hydrogen-bond acceptors (Lipinski definition) is 5. The number of aryl methyl sites for hydroxylation is 1. The highest BCUT2D eigenvalue weighted by atomic mass is 32.3. The number of nitrogens with one attached hydrogen (secondary N) is 2. The normalized spacial score (nSPS) is 19.6. The van der Waals surface area contributed by atoms with Crippen molar-refractivity contribution in [3.63, 3.8) is 0 Å². The van der Waals surface area contributed by atoms with E-state index in [0.717, 1.165) is 24.1 Å². The fourth-order valence-electron chi connectivity index (χ4n) is 2.49. The smallest absolute Gasteiger partial charge is 0.272 e. The van der Waals surface area contributed by atoms with Crippen LogP contribution in [0.4, 0.5) is 14.5 Å². The first-order valence-electron chi connectivity index (χ1n) is 7.94. The van der Waals surface area contributed by atoms with Crippen LogP contribution < -0.4 is 9.44 Å². The third-order valence-electron chi connectivity index (χ3n) is 4.09. The minimum atomic E-state index is -3.85. The average Bonchev–Trinajstić information content (AvgIpc) is 2.97. The van der Waals surface area contributed by atoms with Crippen molar-refractivity contribution >= 4 is 33.6 Å². The molecule has 1 aliphatic rings. The van der Waals surface area contributed by atoms with Gasteiger partial charge in [0.2, 0.25) is 0 Å². The van der Waals surface area contributed by atoms with Crippen LogP contribution in [0.2, 0.25) is 0 Å². The summed E-state index contributed by atoms with van der Waals surface area (Å²) in [7, 11) is -2.35. The SMILES string of the molecule is Cn1cc(S(=O)(=O)NS[C@H]2C[C@H](O)C2)cc1C(=O)Nc1ccc(F)c(F)c1. The largest absolute Gasteiger partial charge is 0.393 e. The molecule has 0 spiro atoms. The number of aliphatic hydroxyl groups excluding tert-OH is 1.